The molecule has 3 aromatic heterocycles. The first-order chi connectivity index (χ1) is 15.9. The summed E-state index contributed by atoms with van der Waals surface area (Å²) >= 11 is 6.70. The van der Waals surface area contributed by atoms with E-state index in [-0.39, 0.29) is 6.04 Å². The first kappa shape index (κ1) is 20.1. The van der Waals surface area contributed by atoms with Crippen molar-refractivity contribution in [1.29, 1.82) is 0 Å². The van der Waals surface area contributed by atoms with E-state index in [2.05, 4.69) is 20.1 Å². The molecule has 1 aliphatic carbocycles. The number of nitrogens with one attached hydrogen (secondary N) is 1. The molecule has 0 amide bonds. The van der Waals surface area contributed by atoms with Gasteiger partial charge >= 0.3 is 0 Å². The monoisotopic (exact) mass is 460 g/mol. The van der Waals surface area contributed by atoms with Gasteiger partial charge in [-0.3, -0.25) is 9.67 Å². The molecule has 9 heteroatoms. The number of H-pyrrole nitrogens is 1. The molecule has 0 aliphatic heterocycles. The maximum absolute atomic E-state index is 10.4. The van der Waals surface area contributed by atoms with E-state index in [1.165, 1.54) is 0 Å². The Balaban J connectivity index is 1.34. The van der Waals surface area contributed by atoms with E-state index < -0.39 is 5.60 Å². The minimum atomic E-state index is -0.730. The maximum atomic E-state index is 10.4. The van der Waals surface area contributed by atoms with Crippen LogP contribution in [0.25, 0.3) is 33.3 Å². The van der Waals surface area contributed by atoms with Crippen LogP contribution in [-0.2, 0) is 0 Å². The number of aromatic amines is 1. The van der Waals surface area contributed by atoms with Crippen molar-refractivity contribution in [1.82, 2.24) is 29.7 Å². The Morgan fingerprint density at radius 1 is 1.18 bits per heavy atom. The van der Waals surface area contributed by atoms with Gasteiger partial charge in [-0.25, -0.2) is 9.97 Å². The fourth-order valence-corrected chi connectivity index (χ4v) is 4.54. The topological polar surface area (TPSA) is 102 Å². The van der Waals surface area contributed by atoms with Crippen molar-refractivity contribution in [3.05, 3.63) is 59.8 Å². The van der Waals surface area contributed by atoms with Gasteiger partial charge in [0, 0.05) is 17.8 Å². The smallest absolute Gasteiger partial charge is 0.148 e. The van der Waals surface area contributed by atoms with E-state index in [4.69, 9.17) is 21.3 Å². The molecule has 5 aromatic rings. The molecule has 33 heavy (non-hydrogen) atoms. The number of ether oxygens (including phenoxy) is 1. The second-order valence-corrected chi connectivity index (χ2v) is 9.10. The number of hydrogen-bond acceptors (Lipinski definition) is 6. The molecule has 2 atom stereocenters. The number of imidazole rings is 1. The quantitative estimate of drug-likeness (QED) is 0.381. The molecule has 0 saturated heterocycles. The Morgan fingerprint density at radius 3 is 2.82 bits per heavy atom. The Morgan fingerprint density at radius 2 is 2.03 bits per heavy atom. The maximum Gasteiger partial charge on any atom is 0.148 e. The highest BCUT2D eigenvalue weighted by molar-refractivity contribution is 6.36. The number of fused-ring (bicyclic) bond motifs is 2. The van der Waals surface area contributed by atoms with Crippen molar-refractivity contribution < 1.29 is 9.84 Å². The Bertz CT molecular complexity index is 1520. The fourth-order valence-electron chi connectivity index (χ4n) is 4.30. The lowest BCUT2D eigenvalue weighted by Gasteiger charge is -2.42. The van der Waals surface area contributed by atoms with Crippen LogP contribution >= 0.6 is 11.6 Å². The van der Waals surface area contributed by atoms with Crippen LogP contribution in [0, 0.1) is 6.92 Å². The van der Waals surface area contributed by atoms with Gasteiger partial charge in [-0.2, -0.15) is 5.10 Å². The summed E-state index contributed by atoms with van der Waals surface area (Å²) in [5, 5.41) is 15.2. The molecule has 3 heterocycles. The zero-order valence-electron chi connectivity index (χ0n) is 18.1. The third-order valence-corrected chi connectivity index (χ3v) is 6.64. The minimum absolute atomic E-state index is 0.0285. The van der Waals surface area contributed by atoms with Gasteiger partial charge < -0.3 is 14.8 Å². The van der Waals surface area contributed by atoms with Crippen LogP contribution < -0.4 is 4.74 Å². The summed E-state index contributed by atoms with van der Waals surface area (Å²) < 4.78 is 7.87. The first-order valence-electron chi connectivity index (χ1n) is 10.7. The van der Waals surface area contributed by atoms with Crippen molar-refractivity contribution in [3.63, 3.8) is 0 Å². The van der Waals surface area contributed by atoms with Crippen LogP contribution in [0.3, 0.4) is 0 Å². The van der Waals surface area contributed by atoms with Gasteiger partial charge in [0.15, 0.2) is 0 Å². The average molecular weight is 461 g/mol. The van der Waals surface area contributed by atoms with Crippen molar-refractivity contribution in [2.45, 2.75) is 38.3 Å². The van der Waals surface area contributed by atoms with Gasteiger partial charge in [0.1, 0.15) is 27.9 Å². The third-order valence-electron chi connectivity index (χ3n) is 6.28. The molecule has 0 bridgehead atoms. The lowest BCUT2D eigenvalue weighted by atomic mass is 9.76. The Hall–Kier alpha value is -3.49. The lowest BCUT2D eigenvalue weighted by Crippen LogP contribution is -2.45. The number of halogens is 1. The summed E-state index contributed by atoms with van der Waals surface area (Å²) in [4.78, 5) is 16.9. The number of aryl methyl sites for hydroxylation is 1. The summed E-state index contributed by atoms with van der Waals surface area (Å²) in [5.41, 5.74) is 3.73. The highest BCUT2D eigenvalue weighted by Crippen LogP contribution is 2.42. The molecule has 0 spiro atoms. The van der Waals surface area contributed by atoms with E-state index in [1.54, 1.807) is 23.1 Å². The molecule has 1 aliphatic rings. The number of nitrogens with zero attached hydrogens (tertiary/aromatic N) is 5. The zero-order chi connectivity index (χ0) is 22.7. The summed E-state index contributed by atoms with van der Waals surface area (Å²) in [6.45, 7) is 3.75. The normalized spacial score (nSPS) is 20.3. The molecule has 166 valence electrons. The molecule has 2 aromatic carbocycles. The van der Waals surface area contributed by atoms with Gasteiger partial charge in [-0.15, -0.1) is 0 Å². The highest BCUT2D eigenvalue weighted by Gasteiger charge is 2.42. The summed E-state index contributed by atoms with van der Waals surface area (Å²) in [6, 6.07) is 9.24. The predicted octanol–water partition coefficient (Wildman–Crippen LogP) is 5.21. The van der Waals surface area contributed by atoms with Crippen LogP contribution in [0.5, 0.6) is 11.5 Å². The van der Waals surface area contributed by atoms with E-state index in [0.29, 0.717) is 33.2 Å². The second-order valence-electron chi connectivity index (χ2n) is 8.72. The lowest BCUT2D eigenvalue weighted by molar-refractivity contribution is -0.0737. The standard InChI is InChI=1S/C24H21ClN6O2/c1-13-28-16-4-3-15(9-18(16)29-13)33-20-6-5-17-23(22(20)25)30-19(11-26-17)14-10-27-31(12-14)21-7-8-24(21,2)32/h3-6,9-12,21,32H,7-8H2,1-2H3,(H,28,29). The molecular weight excluding hydrogens is 440 g/mol. The van der Waals surface area contributed by atoms with Gasteiger partial charge in [-0.1, -0.05) is 11.6 Å². The van der Waals surface area contributed by atoms with Gasteiger partial charge in [0.25, 0.3) is 0 Å². The Labute approximate surface area is 194 Å². The van der Waals surface area contributed by atoms with Gasteiger partial charge in [0.2, 0.25) is 0 Å². The van der Waals surface area contributed by atoms with Crippen molar-refractivity contribution >= 4 is 33.7 Å². The van der Waals surface area contributed by atoms with Crippen LogP contribution in [-0.4, -0.2) is 40.4 Å². The molecule has 2 N–H and O–H groups in total. The van der Waals surface area contributed by atoms with Gasteiger partial charge in [0.05, 0.1) is 46.3 Å². The molecule has 6 rings (SSSR count). The number of rotatable bonds is 4. The zero-order valence-corrected chi connectivity index (χ0v) is 18.8. The second kappa shape index (κ2) is 7.26. The molecule has 2 unspecified atom stereocenters. The molecule has 1 fully saturated rings. The van der Waals surface area contributed by atoms with E-state index in [0.717, 1.165) is 35.3 Å². The summed E-state index contributed by atoms with van der Waals surface area (Å²) in [6.07, 6.45) is 7.00. The van der Waals surface area contributed by atoms with Gasteiger partial charge in [-0.05, 0) is 51.0 Å². The SMILES string of the molecule is Cc1nc2ccc(Oc3ccc4ncc(-c5cnn(C6CCC6(C)O)c5)nc4c3Cl)cc2[nH]1. The number of hydrogen-bond donors (Lipinski definition) is 2. The van der Waals surface area contributed by atoms with Crippen LogP contribution in [0.15, 0.2) is 48.9 Å². The van der Waals surface area contributed by atoms with E-state index >= 15 is 0 Å². The van der Waals surface area contributed by atoms with Crippen molar-refractivity contribution in [2.75, 3.05) is 0 Å². The largest absolute Gasteiger partial charge is 0.456 e. The summed E-state index contributed by atoms with van der Waals surface area (Å²) in [7, 11) is 0. The van der Waals surface area contributed by atoms with Crippen LogP contribution in [0.1, 0.15) is 31.6 Å². The highest BCUT2D eigenvalue weighted by atomic mass is 35.5. The summed E-state index contributed by atoms with van der Waals surface area (Å²) in [5.74, 6) is 1.98. The average Bonchev–Trinajstić information content (AvgIpc) is 3.40. The molecular formula is C24H21ClN6O2. The number of aromatic nitrogens is 6. The Kier molecular flexibility index (Phi) is 4.43. The number of benzene rings is 2. The molecule has 8 nitrogen and oxygen atoms in total. The number of aliphatic hydroxyl groups is 1. The van der Waals surface area contributed by atoms with Crippen LogP contribution in [0.2, 0.25) is 5.02 Å². The molecule has 1 saturated carbocycles. The van der Waals surface area contributed by atoms with Crippen LogP contribution in [0.4, 0.5) is 0 Å². The van der Waals surface area contributed by atoms with E-state index in [1.807, 2.05) is 44.3 Å². The minimum Gasteiger partial charge on any atom is -0.456 e. The van der Waals surface area contributed by atoms with Crippen molar-refractivity contribution in [2.24, 2.45) is 0 Å². The first-order valence-corrected chi connectivity index (χ1v) is 11.1. The predicted molar refractivity (Wildman–Crippen MR) is 126 cm³/mol. The van der Waals surface area contributed by atoms with E-state index in [9.17, 15) is 5.11 Å². The molecule has 0 radical (unpaired) electrons. The van der Waals surface area contributed by atoms with Crippen molar-refractivity contribution in [3.8, 4) is 22.8 Å². The fraction of sp³-hybridized carbons (Fsp3) is 0.250. The third kappa shape index (κ3) is 3.42.